The molecular formula is C18H19NO2S. The lowest BCUT2D eigenvalue weighted by molar-refractivity contribution is 0.0375. The molecule has 0 aliphatic heterocycles. The van der Waals surface area contributed by atoms with E-state index in [2.05, 4.69) is 23.2 Å². The summed E-state index contributed by atoms with van der Waals surface area (Å²) < 4.78 is 5.57. The van der Waals surface area contributed by atoms with Crippen molar-refractivity contribution in [3.8, 4) is 0 Å². The summed E-state index contributed by atoms with van der Waals surface area (Å²) in [5.74, 6) is -0.245. The van der Waals surface area contributed by atoms with Crippen molar-refractivity contribution in [2.75, 3.05) is 0 Å². The third kappa shape index (κ3) is 3.63. The molecule has 1 atom stereocenters. The number of thiazole rings is 1. The lowest BCUT2D eigenvalue weighted by Gasteiger charge is -2.16. The molecule has 1 unspecified atom stereocenters. The normalized spacial score (nSPS) is 17.4. The molecule has 1 heterocycles. The molecule has 1 aliphatic carbocycles. The molecule has 0 radical (unpaired) electrons. The lowest BCUT2D eigenvalue weighted by atomic mass is 10.1. The maximum absolute atomic E-state index is 12.3. The summed E-state index contributed by atoms with van der Waals surface area (Å²) in [6, 6.07) is 10.2. The quantitative estimate of drug-likeness (QED) is 0.624. The molecule has 22 heavy (non-hydrogen) atoms. The molecule has 114 valence electrons. The van der Waals surface area contributed by atoms with Crippen LogP contribution in [0.5, 0.6) is 0 Å². The summed E-state index contributed by atoms with van der Waals surface area (Å²) in [5, 5.41) is 0.954. The van der Waals surface area contributed by atoms with Gasteiger partial charge in [-0.05, 0) is 37.8 Å². The van der Waals surface area contributed by atoms with Gasteiger partial charge in [0.25, 0.3) is 0 Å². The zero-order valence-corrected chi connectivity index (χ0v) is 13.4. The summed E-state index contributed by atoms with van der Waals surface area (Å²) in [7, 11) is 0. The van der Waals surface area contributed by atoms with Crippen LogP contribution in [0.4, 0.5) is 0 Å². The van der Waals surface area contributed by atoms with Crippen LogP contribution in [0, 0.1) is 6.92 Å². The van der Waals surface area contributed by atoms with Crippen LogP contribution in [0.1, 0.15) is 45.2 Å². The third-order valence-corrected chi connectivity index (χ3v) is 4.83. The van der Waals surface area contributed by atoms with Crippen LogP contribution >= 0.6 is 11.3 Å². The fourth-order valence-corrected chi connectivity index (χ4v) is 3.54. The van der Waals surface area contributed by atoms with Gasteiger partial charge in [0.1, 0.15) is 11.0 Å². The van der Waals surface area contributed by atoms with Gasteiger partial charge in [-0.1, -0.05) is 36.4 Å². The second kappa shape index (κ2) is 6.88. The van der Waals surface area contributed by atoms with Crippen LogP contribution in [0.3, 0.4) is 0 Å². The monoisotopic (exact) mass is 313 g/mol. The fraction of sp³-hybridized carbons (Fsp3) is 0.333. The van der Waals surface area contributed by atoms with Crippen molar-refractivity contribution in [1.82, 2.24) is 4.98 Å². The molecule has 0 N–H and O–H groups in total. The summed E-state index contributed by atoms with van der Waals surface area (Å²) in [6.07, 6.45) is 7.81. The molecule has 0 spiro atoms. The molecule has 2 aromatic rings. The highest BCUT2D eigenvalue weighted by Crippen LogP contribution is 2.23. The zero-order chi connectivity index (χ0) is 15.4. The Balaban J connectivity index is 1.70. The van der Waals surface area contributed by atoms with Crippen LogP contribution < -0.4 is 0 Å². The first-order valence-electron chi connectivity index (χ1n) is 7.60. The van der Waals surface area contributed by atoms with Crippen molar-refractivity contribution < 1.29 is 9.53 Å². The average molecular weight is 313 g/mol. The number of hydrogen-bond acceptors (Lipinski definition) is 4. The number of rotatable bonds is 4. The SMILES string of the molecule is Cc1nc(Cc2ccccc2)sc1C(=O)OC1C=CCCC1. The standard InChI is InChI=1S/C18H19NO2S/c1-13-17(18(20)21-15-10-6-3-7-11-15)22-16(19-13)12-14-8-4-2-5-9-14/h2,4-6,8-10,15H,3,7,11-12H2,1H3. The molecular weight excluding hydrogens is 294 g/mol. The molecule has 1 aromatic carbocycles. The van der Waals surface area contributed by atoms with Gasteiger partial charge in [-0.15, -0.1) is 11.3 Å². The van der Waals surface area contributed by atoms with E-state index in [0.29, 0.717) is 4.88 Å². The highest BCUT2D eigenvalue weighted by atomic mass is 32.1. The van der Waals surface area contributed by atoms with Crippen LogP contribution in [0.15, 0.2) is 42.5 Å². The maximum Gasteiger partial charge on any atom is 0.350 e. The first-order chi connectivity index (χ1) is 10.7. The van der Waals surface area contributed by atoms with E-state index < -0.39 is 0 Å². The highest BCUT2D eigenvalue weighted by molar-refractivity contribution is 7.13. The van der Waals surface area contributed by atoms with E-state index in [1.165, 1.54) is 16.9 Å². The maximum atomic E-state index is 12.3. The Kier molecular flexibility index (Phi) is 4.68. The third-order valence-electron chi connectivity index (χ3n) is 3.69. The van der Waals surface area contributed by atoms with E-state index in [4.69, 9.17) is 4.74 Å². The molecule has 0 bridgehead atoms. The van der Waals surface area contributed by atoms with E-state index in [1.807, 2.05) is 31.2 Å². The summed E-state index contributed by atoms with van der Waals surface area (Å²) in [6.45, 7) is 1.87. The topological polar surface area (TPSA) is 39.2 Å². The number of hydrogen-bond donors (Lipinski definition) is 0. The number of ether oxygens (including phenoxy) is 1. The number of allylic oxidation sites excluding steroid dienone is 1. The van der Waals surface area contributed by atoms with Crippen LogP contribution in [-0.2, 0) is 11.2 Å². The Morgan fingerprint density at radius 2 is 2.18 bits per heavy atom. The van der Waals surface area contributed by atoms with Gasteiger partial charge in [-0.3, -0.25) is 0 Å². The van der Waals surface area contributed by atoms with Crippen molar-refractivity contribution in [1.29, 1.82) is 0 Å². The largest absolute Gasteiger partial charge is 0.454 e. The highest BCUT2D eigenvalue weighted by Gasteiger charge is 2.20. The van der Waals surface area contributed by atoms with Crippen LogP contribution in [0.2, 0.25) is 0 Å². The first-order valence-corrected chi connectivity index (χ1v) is 8.42. The minimum atomic E-state index is -0.245. The molecule has 1 aromatic heterocycles. The number of carbonyl (C=O) groups excluding carboxylic acids is 1. The summed E-state index contributed by atoms with van der Waals surface area (Å²) in [5.41, 5.74) is 1.96. The van der Waals surface area contributed by atoms with Crippen molar-refractivity contribution in [2.45, 2.75) is 38.7 Å². The van der Waals surface area contributed by atoms with E-state index >= 15 is 0 Å². The van der Waals surface area contributed by atoms with E-state index in [-0.39, 0.29) is 12.1 Å². The number of esters is 1. The number of aryl methyl sites for hydroxylation is 1. The Morgan fingerprint density at radius 1 is 1.36 bits per heavy atom. The lowest BCUT2D eigenvalue weighted by Crippen LogP contribution is -2.17. The zero-order valence-electron chi connectivity index (χ0n) is 12.6. The van der Waals surface area contributed by atoms with Crippen LogP contribution in [0.25, 0.3) is 0 Å². The number of carbonyl (C=O) groups is 1. The van der Waals surface area contributed by atoms with Gasteiger partial charge in [-0.2, -0.15) is 0 Å². The Labute approximate surface area is 134 Å². The van der Waals surface area contributed by atoms with Gasteiger partial charge in [0.15, 0.2) is 0 Å². The minimum Gasteiger partial charge on any atom is -0.454 e. The second-order valence-electron chi connectivity index (χ2n) is 5.49. The Hall–Kier alpha value is -1.94. The van der Waals surface area contributed by atoms with E-state index in [1.54, 1.807) is 0 Å². The predicted octanol–water partition coefficient (Wildman–Crippen LogP) is 4.31. The minimum absolute atomic E-state index is 0.0830. The van der Waals surface area contributed by atoms with Gasteiger partial charge in [0.2, 0.25) is 0 Å². The van der Waals surface area contributed by atoms with Crippen molar-refractivity contribution in [3.63, 3.8) is 0 Å². The Bertz CT molecular complexity index is 676. The van der Waals surface area contributed by atoms with Crippen LogP contribution in [-0.4, -0.2) is 17.1 Å². The molecule has 0 amide bonds. The van der Waals surface area contributed by atoms with Crippen molar-refractivity contribution in [2.24, 2.45) is 0 Å². The molecule has 4 heteroatoms. The molecule has 1 aliphatic rings. The van der Waals surface area contributed by atoms with Gasteiger partial charge in [0.05, 0.1) is 10.7 Å². The van der Waals surface area contributed by atoms with Crippen molar-refractivity contribution >= 4 is 17.3 Å². The number of nitrogens with zero attached hydrogens (tertiary/aromatic N) is 1. The van der Waals surface area contributed by atoms with Gasteiger partial charge < -0.3 is 4.74 Å². The second-order valence-corrected chi connectivity index (χ2v) is 6.57. The fourth-order valence-electron chi connectivity index (χ4n) is 2.56. The molecule has 0 fully saturated rings. The molecule has 0 saturated carbocycles. The molecule has 0 saturated heterocycles. The smallest absolute Gasteiger partial charge is 0.350 e. The number of aromatic nitrogens is 1. The van der Waals surface area contributed by atoms with Gasteiger partial charge >= 0.3 is 5.97 Å². The predicted molar refractivity (Wildman–Crippen MR) is 88.3 cm³/mol. The van der Waals surface area contributed by atoms with E-state index in [0.717, 1.165) is 36.4 Å². The molecule has 3 nitrogen and oxygen atoms in total. The molecule has 3 rings (SSSR count). The summed E-state index contributed by atoms with van der Waals surface area (Å²) >= 11 is 1.44. The Morgan fingerprint density at radius 3 is 2.91 bits per heavy atom. The number of benzene rings is 1. The van der Waals surface area contributed by atoms with E-state index in [9.17, 15) is 4.79 Å². The van der Waals surface area contributed by atoms with Crippen molar-refractivity contribution in [3.05, 3.63) is 63.6 Å². The van der Waals surface area contributed by atoms with Gasteiger partial charge in [-0.25, -0.2) is 9.78 Å². The van der Waals surface area contributed by atoms with Gasteiger partial charge in [0, 0.05) is 6.42 Å². The summed E-state index contributed by atoms with van der Waals surface area (Å²) in [4.78, 5) is 17.5. The first kappa shape index (κ1) is 15.0. The average Bonchev–Trinajstić information content (AvgIpc) is 2.90.